The van der Waals surface area contributed by atoms with E-state index >= 15 is 0 Å². The Morgan fingerprint density at radius 1 is 0.912 bits per heavy atom. The maximum Gasteiger partial charge on any atom is 0.573 e. The smallest absolute Gasteiger partial charge is 0.406 e. The molecule has 2 aromatic carbocycles. The first-order valence-electron chi connectivity index (χ1n) is 10.5. The number of amides is 1. The van der Waals surface area contributed by atoms with E-state index in [-0.39, 0.29) is 11.7 Å². The molecule has 8 nitrogen and oxygen atoms in total. The van der Waals surface area contributed by atoms with Gasteiger partial charge in [0.25, 0.3) is 11.7 Å². The number of anilines is 1. The van der Waals surface area contributed by atoms with Crippen LogP contribution < -0.4 is 9.64 Å². The molecule has 2 aromatic heterocycles. The van der Waals surface area contributed by atoms with Crippen molar-refractivity contribution in [3.8, 4) is 16.9 Å². The van der Waals surface area contributed by atoms with Gasteiger partial charge in [0.1, 0.15) is 17.9 Å². The van der Waals surface area contributed by atoms with Crippen LogP contribution in [-0.4, -0.2) is 62.9 Å². The lowest BCUT2D eigenvalue weighted by atomic mass is 10.1. The van der Waals surface area contributed by atoms with E-state index in [9.17, 15) is 18.0 Å². The molecule has 0 atom stereocenters. The zero-order valence-corrected chi connectivity index (χ0v) is 17.8. The summed E-state index contributed by atoms with van der Waals surface area (Å²) in [6.07, 6.45) is -1.55. The summed E-state index contributed by atoms with van der Waals surface area (Å²) in [5, 5.41) is 4.34. The fourth-order valence-corrected chi connectivity index (χ4v) is 4.00. The molecule has 1 saturated heterocycles. The highest BCUT2D eigenvalue weighted by Crippen LogP contribution is 2.31. The third-order valence-electron chi connectivity index (χ3n) is 5.57. The Balaban J connectivity index is 1.34. The van der Waals surface area contributed by atoms with Gasteiger partial charge in [0.05, 0.1) is 0 Å². The summed E-state index contributed by atoms with van der Waals surface area (Å²) >= 11 is 0. The van der Waals surface area contributed by atoms with Gasteiger partial charge >= 0.3 is 6.36 Å². The first kappa shape index (κ1) is 21.7. The van der Waals surface area contributed by atoms with Gasteiger partial charge in [-0.2, -0.15) is 14.6 Å². The number of halogens is 3. The summed E-state index contributed by atoms with van der Waals surface area (Å²) in [6.45, 7) is 1.96. The Morgan fingerprint density at radius 3 is 2.29 bits per heavy atom. The quantitative estimate of drug-likeness (QED) is 0.455. The van der Waals surface area contributed by atoms with Gasteiger partial charge in [-0.3, -0.25) is 4.79 Å². The summed E-state index contributed by atoms with van der Waals surface area (Å²) in [5.41, 5.74) is 2.19. The van der Waals surface area contributed by atoms with Crippen molar-refractivity contribution in [3.05, 3.63) is 72.7 Å². The van der Waals surface area contributed by atoms with Crippen LogP contribution in [0.25, 0.3) is 16.9 Å². The van der Waals surface area contributed by atoms with Crippen molar-refractivity contribution < 1.29 is 22.7 Å². The van der Waals surface area contributed by atoms with Crippen LogP contribution >= 0.6 is 0 Å². The largest absolute Gasteiger partial charge is 0.573 e. The summed E-state index contributed by atoms with van der Waals surface area (Å²) in [7, 11) is 0. The van der Waals surface area contributed by atoms with E-state index in [0.717, 1.165) is 29.1 Å². The van der Waals surface area contributed by atoms with Gasteiger partial charge in [0, 0.05) is 43.5 Å². The number of fused-ring (bicyclic) bond motifs is 1. The van der Waals surface area contributed by atoms with Crippen LogP contribution in [0.5, 0.6) is 5.75 Å². The highest BCUT2D eigenvalue weighted by atomic mass is 19.4. The summed E-state index contributed by atoms with van der Waals surface area (Å²) in [6, 6.07) is 14.8. The van der Waals surface area contributed by atoms with Gasteiger partial charge in [-0.1, -0.05) is 30.3 Å². The zero-order chi connectivity index (χ0) is 23.7. The molecule has 11 heteroatoms. The molecule has 5 rings (SSSR count). The van der Waals surface area contributed by atoms with Gasteiger partial charge in [0.2, 0.25) is 0 Å². The number of rotatable bonds is 4. The second-order valence-corrected chi connectivity index (χ2v) is 7.68. The van der Waals surface area contributed by atoms with Crippen LogP contribution in [0.15, 0.2) is 67.1 Å². The molecule has 0 spiro atoms. The van der Waals surface area contributed by atoms with E-state index in [1.165, 1.54) is 18.5 Å². The Labute approximate surface area is 192 Å². The minimum atomic E-state index is -4.77. The minimum absolute atomic E-state index is 0.248. The van der Waals surface area contributed by atoms with Crippen molar-refractivity contribution in [3.63, 3.8) is 0 Å². The molecule has 1 aliphatic rings. The second kappa shape index (κ2) is 8.65. The lowest BCUT2D eigenvalue weighted by Gasteiger charge is -2.36. The molecule has 3 heterocycles. The third kappa shape index (κ3) is 4.36. The van der Waals surface area contributed by atoms with Crippen LogP contribution in [0, 0.1) is 0 Å². The first-order valence-corrected chi connectivity index (χ1v) is 10.5. The number of alkyl halides is 3. The SMILES string of the molecule is O=C(c1ccc(OC(F)(F)F)cc1)N1CCN(c2c(-c3ccccc3)cnc3ncnn23)CC1. The monoisotopic (exact) mass is 468 g/mol. The first-order chi connectivity index (χ1) is 16.4. The molecular formula is C23H19F3N6O2. The number of carbonyl (C=O) groups excluding carboxylic acids is 1. The van der Waals surface area contributed by atoms with E-state index in [4.69, 9.17) is 0 Å². The molecule has 0 radical (unpaired) electrons. The van der Waals surface area contributed by atoms with Crippen molar-refractivity contribution in [1.29, 1.82) is 0 Å². The van der Waals surface area contributed by atoms with Crippen molar-refractivity contribution in [2.24, 2.45) is 0 Å². The van der Waals surface area contributed by atoms with Crippen LogP contribution in [0.3, 0.4) is 0 Å². The average molecular weight is 468 g/mol. The molecule has 1 amide bonds. The number of hydrogen-bond donors (Lipinski definition) is 0. The highest BCUT2D eigenvalue weighted by Gasteiger charge is 2.31. The highest BCUT2D eigenvalue weighted by molar-refractivity contribution is 5.94. The molecule has 1 fully saturated rings. The average Bonchev–Trinajstić information content (AvgIpc) is 3.32. The van der Waals surface area contributed by atoms with Crippen molar-refractivity contribution in [2.45, 2.75) is 6.36 Å². The molecule has 174 valence electrons. The molecule has 0 N–H and O–H groups in total. The van der Waals surface area contributed by atoms with Crippen molar-refractivity contribution >= 4 is 17.5 Å². The van der Waals surface area contributed by atoms with Gasteiger partial charge in [-0.25, -0.2) is 4.98 Å². The van der Waals surface area contributed by atoms with E-state index < -0.39 is 6.36 Å². The van der Waals surface area contributed by atoms with E-state index in [2.05, 4.69) is 24.7 Å². The van der Waals surface area contributed by atoms with Crippen LogP contribution in [0.2, 0.25) is 0 Å². The standard InChI is InChI=1S/C23H19F3N6O2/c24-23(25,26)34-18-8-6-17(7-9-18)21(33)31-12-10-30(11-13-31)20-19(16-4-2-1-3-5-16)14-27-22-28-15-29-32(20)22/h1-9,14-15H,10-13H2. The van der Waals surface area contributed by atoms with Crippen molar-refractivity contribution in [1.82, 2.24) is 24.5 Å². The van der Waals surface area contributed by atoms with E-state index in [1.54, 1.807) is 15.6 Å². The maximum absolute atomic E-state index is 12.9. The number of piperazine rings is 1. The maximum atomic E-state index is 12.9. The van der Waals surface area contributed by atoms with E-state index in [0.29, 0.717) is 37.5 Å². The Morgan fingerprint density at radius 2 is 1.62 bits per heavy atom. The lowest BCUT2D eigenvalue weighted by Crippen LogP contribution is -2.49. The van der Waals surface area contributed by atoms with Gasteiger partial charge in [-0.15, -0.1) is 13.2 Å². The number of carbonyl (C=O) groups is 1. The predicted octanol–water partition coefficient (Wildman–Crippen LogP) is 3.65. The predicted molar refractivity (Wildman–Crippen MR) is 117 cm³/mol. The van der Waals surface area contributed by atoms with E-state index in [1.807, 2.05) is 30.3 Å². The summed E-state index contributed by atoms with van der Waals surface area (Å²) < 4.78 is 42.7. The molecule has 0 saturated carbocycles. The Kier molecular flexibility index (Phi) is 5.52. The number of aromatic nitrogens is 4. The molecule has 34 heavy (non-hydrogen) atoms. The number of ether oxygens (including phenoxy) is 1. The normalized spacial score (nSPS) is 14.4. The topological polar surface area (TPSA) is 75.9 Å². The number of hydrogen-bond acceptors (Lipinski definition) is 6. The third-order valence-corrected chi connectivity index (χ3v) is 5.57. The van der Waals surface area contributed by atoms with Gasteiger partial charge in [0.15, 0.2) is 0 Å². The molecule has 0 bridgehead atoms. The molecule has 0 unspecified atom stereocenters. The van der Waals surface area contributed by atoms with Crippen LogP contribution in [0.1, 0.15) is 10.4 Å². The number of benzene rings is 2. The molecular weight excluding hydrogens is 449 g/mol. The van der Waals surface area contributed by atoms with Gasteiger partial charge in [-0.05, 0) is 29.8 Å². The molecule has 0 aliphatic carbocycles. The minimum Gasteiger partial charge on any atom is -0.406 e. The molecule has 1 aliphatic heterocycles. The summed E-state index contributed by atoms with van der Waals surface area (Å²) in [5.74, 6) is 0.711. The van der Waals surface area contributed by atoms with Crippen LogP contribution in [-0.2, 0) is 0 Å². The van der Waals surface area contributed by atoms with Crippen molar-refractivity contribution in [2.75, 3.05) is 31.1 Å². The lowest BCUT2D eigenvalue weighted by molar-refractivity contribution is -0.274. The second-order valence-electron chi connectivity index (χ2n) is 7.68. The van der Waals surface area contributed by atoms with Gasteiger partial charge < -0.3 is 14.5 Å². The summed E-state index contributed by atoms with van der Waals surface area (Å²) in [4.78, 5) is 25.3. The zero-order valence-electron chi connectivity index (χ0n) is 17.8. The Hall–Kier alpha value is -4.15. The fraction of sp³-hybridized carbons (Fsp3) is 0.217. The molecule has 4 aromatic rings. The fourth-order valence-electron chi connectivity index (χ4n) is 4.00. The Bertz CT molecular complexity index is 1300. The number of nitrogens with zero attached hydrogens (tertiary/aromatic N) is 6. The van der Waals surface area contributed by atoms with Crippen LogP contribution in [0.4, 0.5) is 19.0 Å².